The number of amides is 1. The van der Waals surface area contributed by atoms with Gasteiger partial charge in [-0.05, 0) is 30.0 Å². The van der Waals surface area contributed by atoms with Gasteiger partial charge in [-0.3, -0.25) is 9.59 Å². The summed E-state index contributed by atoms with van der Waals surface area (Å²) < 4.78 is 1.41. The standard InChI is InChI=1S/C16H19N3O2S3/c1-3-10-5-6-11(4-2)12(7-10)13(20)8-22-15-18-19-16(24-15)23-9-14(17)21/h5-7H,3-4,8-9H2,1-2H3,(H2,17,21). The Hall–Kier alpha value is -1.38. The number of primary amides is 1. The quantitative estimate of drug-likeness (QED) is 0.530. The first-order valence-corrected chi connectivity index (χ1v) is 10.3. The summed E-state index contributed by atoms with van der Waals surface area (Å²) in [4.78, 5) is 23.3. The molecule has 1 aromatic heterocycles. The maximum atomic E-state index is 12.6. The molecular formula is C16H19N3O2S3. The first-order chi connectivity index (χ1) is 11.5. The van der Waals surface area contributed by atoms with Gasteiger partial charge in [-0.15, -0.1) is 10.2 Å². The van der Waals surface area contributed by atoms with Crippen molar-refractivity contribution in [2.75, 3.05) is 11.5 Å². The number of hydrogen-bond acceptors (Lipinski definition) is 7. The zero-order valence-electron chi connectivity index (χ0n) is 13.6. The summed E-state index contributed by atoms with van der Waals surface area (Å²) in [6.07, 6.45) is 1.75. The molecule has 0 fully saturated rings. The van der Waals surface area contributed by atoms with Crippen LogP contribution in [0.4, 0.5) is 0 Å². The monoisotopic (exact) mass is 381 g/mol. The van der Waals surface area contributed by atoms with Gasteiger partial charge in [-0.1, -0.05) is 60.8 Å². The zero-order valence-corrected chi connectivity index (χ0v) is 16.0. The van der Waals surface area contributed by atoms with Crippen LogP contribution in [0.5, 0.6) is 0 Å². The average Bonchev–Trinajstić information content (AvgIpc) is 3.05. The second-order valence-corrected chi connectivity index (χ2v) is 8.42. The fourth-order valence-electron chi connectivity index (χ4n) is 2.06. The van der Waals surface area contributed by atoms with Crippen LogP contribution < -0.4 is 5.73 Å². The Labute approximate surface area is 153 Å². The molecule has 1 amide bonds. The van der Waals surface area contributed by atoms with Crippen LogP contribution in [0, 0.1) is 0 Å². The lowest BCUT2D eigenvalue weighted by molar-refractivity contribution is -0.115. The van der Waals surface area contributed by atoms with E-state index in [0.717, 1.165) is 28.3 Å². The first kappa shape index (κ1) is 19.0. The fraction of sp³-hybridized carbons (Fsp3) is 0.375. The highest BCUT2D eigenvalue weighted by Crippen LogP contribution is 2.29. The third-order valence-corrected chi connectivity index (χ3v) is 6.53. The lowest BCUT2D eigenvalue weighted by Gasteiger charge is -2.08. The number of nitrogens with zero attached hydrogens (tertiary/aromatic N) is 2. The predicted molar refractivity (Wildman–Crippen MR) is 100 cm³/mol. The Balaban J connectivity index is 1.99. The largest absolute Gasteiger partial charge is 0.369 e. The van der Waals surface area contributed by atoms with Crippen molar-refractivity contribution in [2.45, 2.75) is 35.4 Å². The molecule has 1 aromatic carbocycles. The van der Waals surface area contributed by atoms with Crippen LogP contribution in [0.2, 0.25) is 0 Å². The van der Waals surface area contributed by atoms with Crippen molar-refractivity contribution < 1.29 is 9.59 Å². The molecule has 0 aliphatic heterocycles. The molecule has 8 heteroatoms. The van der Waals surface area contributed by atoms with Crippen LogP contribution in [0.3, 0.4) is 0 Å². The lowest BCUT2D eigenvalue weighted by Crippen LogP contribution is -2.12. The smallest absolute Gasteiger partial charge is 0.227 e. The number of aryl methyl sites for hydroxylation is 2. The topological polar surface area (TPSA) is 85.9 Å². The van der Waals surface area contributed by atoms with Gasteiger partial charge in [0.1, 0.15) is 0 Å². The van der Waals surface area contributed by atoms with E-state index in [4.69, 9.17) is 5.73 Å². The van der Waals surface area contributed by atoms with Crippen LogP contribution in [0.1, 0.15) is 35.3 Å². The van der Waals surface area contributed by atoms with Gasteiger partial charge in [0.05, 0.1) is 11.5 Å². The fourth-order valence-corrected chi connectivity index (χ4v) is 4.71. The van der Waals surface area contributed by atoms with E-state index in [2.05, 4.69) is 30.1 Å². The van der Waals surface area contributed by atoms with E-state index in [9.17, 15) is 9.59 Å². The number of thioether (sulfide) groups is 2. The van der Waals surface area contributed by atoms with Crippen molar-refractivity contribution in [3.05, 3.63) is 34.9 Å². The van der Waals surface area contributed by atoms with Crippen molar-refractivity contribution in [2.24, 2.45) is 5.73 Å². The van der Waals surface area contributed by atoms with Gasteiger partial charge < -0.3 is 5.73 Å². The van der Waals surface area contributed by atoms with Gasteiger partial charge >= 0.3 is 0 Å². The van der Waals surface area contributed by atoms with E-state index in [1.54, 1.807) is 0 Å². The molecule has 2 aromatic rings. The van der Waals surface area contributed by atoms with Gasteiger partial charge in [-0.25, -0.2) is 0 Å². The molecule has 0 unspecified atom stereocenters. The number of nitrogens with two attached hydrogens (primary N) is 1. The molecule has 5 nitrogen and oxygen atoms in total. The average molecular weight is 382 g/mol. The molecule has 0 bridgehead atoms. The van der Waals surface area contributed by atoms with Gasteiger partial charge in [0.25, 0.3) is 0 Å². The van der Waals surface area contributed by atoms with Gasteiger partial charge in [0.15, 0.2) is 14.5 Å². The SMILES string of the molecule is CCc1ccc(CC)c(C(=O)CSc2nnc(SCC(N)=O)s2)c1. The van der Waals surface area contributed by atoms with Crippen LogP contribution >= 0.6 is 34.9 Å². The van der Waals surface area contributed by atoms with Crippen molar-refractivity contribution >= 4 is 46.6 Å². The molecule has 0 spiro atoms. The number of carbonyl (C=O) groups is 2. The maximum Gasteiger partial charge on any atom is 0.227 e. The maximum absolute atomic E-state index is 12.6. The number of rotatable bonds is 9. The van der Waals surface area contributed by atoms with Crippen LogP contribution in [-0.2, 0) is 17.6 Å². The van der Waals surface area contributed by atoms with Gasteiger partial charge in [0, 0.05) is 5.56 Å². The van der Waals surface area contributed by atoms with E-state index in [-0.39, 0.29) is 17.4 Å². The summed E-state index contributed by atoms with van der Waals surface area (Å²) in [5.74, 6) is 0.230. The summed E-state index contributed by atoms with van der Waals surface area (Å²) in [5, 5.41) is 8.03. The Bertz CT molecular complexity index is 731. The lowest BCUT2D eigenvalue weighted by atomic mass is 9.98. The second-order valence-electron chi connectivity index (χ2n) is 5.00. The van der Waals surface area contributed by atoms with Crippen molar-refractivity contribution in [3.8, 4) is 0 Å². The van der Waals surface area contributed by atoms with Gasteiger partial charge in [0.2, 0.25) is 5.91 Å². The van der Waals surface area contributed by atoms with E-state index >= 15 is 0 Å². The van der Waals surface area contributed by atoms with Crippen LogP contribution in [0.25, 0.3) is 0 Å². The number of aromatic nitrogens is 2. The molecule has 2 N–H and O–H groups in total. The molecule has 1 heterocycles. The van der Waals surface area contributed by atoms with Crippen LogP contribution in [0.15, 0.2) is 26.9 Å². The number of carbonyl (C=O) groups excluding carboxylic acids is 2. The minimum atomic E-state index is -0.387. The zero-order chi connectivity index (χ0) is 17.5. The molecule has 0 aliphatic carbocycles. The van der Waals surface area contributed by atoms with Crippen molar-refractivity contribution in [1.29, 1.82) is 0 Å². The molecule has 2 rings (SSSR count). The predicted octanol–water partition coefficient (Wildman–Crippen LogP) is 3.22. The Morgan fingerprint density at radius 2 is 1.75 bits per heavy atom. The summed E-state index contributed by atoms with van der Waals surface area (Å²) >= 11 is 4.01. The second kappa shape index (κ2) is 9.19. The third kappa shape index (κ3) is 5.32. The summed E-state index contributed by atoms with van der Waals surface area (Å²) in [7, 11) is 0. The van der Waals surface area contributed by atoms with E-state index in [0.29, 0.717) is 10.1 Å². The highest BCUT2D eigenvalue weighted by molar-refractivity contribution is 8.03. The van der Waals surface area contributed by atoms with E-state index < -0.39 is 0 Å². The molecule has 128 valence electrons. The van der Waals surface area contributed by atoms with Gasteiger partial charge in [-0.2, -0.15) is 0 Å². The molecule has 0 saturated heterocycles. The van der Waals surface area contributed by atoms with E-state index in [1.165, 1.54) is 40.4 Å². The summed E-state index contributed by atoms with van der Waals surface area (Å²) in [6.45, 7) is 4.13. The Morgan fingerprint density at radius 1 is 1.08 bits per heavy atom. The Kier molecular flexibility index (Phi) is 7.26. The Morgan fingerprint density at radius 3 is 2.33 bits per heavy atom. The minimum Gasteiger partial charge on any atom is -0.369 e. The molecule has 0 saturated carbocycles. The van der Waals surface area contributed by atoms with E-state index in [1.807, 2.05) is 12.1 Å². The number of benzene rings is 1. The molecular weight excluding hydrogens is 362 g/mol. The highest BCUT2D eigenvalue weighted by Gasteiger charge is 2.14. The number of ketones is 1. The van der Waals surface area contributed by atoms with Crippen LogP contribution in [-0.4, -0.2) is 33.4 Å². The molecule has 0 aliphatic rings. The van der Waals surface area contributed by atoms with Crippen molar-refractivity contribution in [1.82, 2.24) is 10.2 Å². The molecule has 0 atom stereocenters. The third-order valence-electron chi connectivity index (χ3n) is 3.32. The molecule has 24 heavy (non-hydrogen) atoms. The summed E-state index contributed by atoms with van der Waals surface area (Å²) in [5.41, 5.74) is 8.16. The number of hydrogen-bond donors (Lipinski definition) is 1. The minimum absolute atomic E-state index is 0.105. The van der Waals surface area contributed by atoms with Crippen molar-refractivity contribution in [3.63, 3.8) is 0 Å². The number of Topliss-reactive ketones (excluding diaryl/α,β-unsaturated/α-hetero) is 1. The molecule has 0 radical (unpaired) electrons. The first-order valence-electron chi connectivity index (χ1n) is 7.55. The highest BCUT2D eigenvalue weighted by atomic mass is 32.2. The summed E-state index contributed by atoms with van der Waals surface area (Å²) in [6, 6.07) is 6.12. The normalized spacial score (nSPS) is 10.8.